The van der Waals surface area contributed by atoms with Crippen molar-refractivity contribution in [1.29, 1.82) is 0 Å². The van der Waals surface area contributed by atoms with Gasteiger partial charge < -0.3 is 4.98 Å². The molecule has 0 unspecified atom stereocenters. The van der Waals surface area contributed by atoms with E-state index < -0.39 is 23.0 Å². The van der Waals surface area contributed by atoms with Crippen LogP contribution in [0.3, 0.4) is 0 Å². The molecule has 7 heteroatoms. The van der Waals surface area contributed by atoms with Crippen LogP contribution < -0.4 is 11.2 Å². The number of H-pyrrole nitrogens is 1. The number of halogens is 3. The first-order valence-corrected chi connectivity index (χ1v) is 5.68. The van der Waals surface area contributed by atoms with E-state index in [1.54, 1.807) is 6.92 Å². The maximum absolute atomic E-state index is 12.5. The summed E-state index contributed by atoms with van der Waals surface area (Å²) in [5.74, 6) is 0. The number of alkyl halides is 3. The molecule has 1 aromatic carbocycles. The predicted octanol–water partition coefficient (Wildman–Crippen LogP) is 2.12. The van der Waals surface area contributed by atoms with Crippen LogP contribution in [0.5, 0.6) is 0 Å². The van der Waals surface area contributed by atoms with Gasteiger partial charge in [0.15, 0.2) is 0 Å². The van der Waals surface area contributed by atoms with Crippen LogP contribution in [0.1, 0.15) is 18.9 Å². The number of aromatic nitrogens is 2. The van der Waals surface area contributed by atoms with Gasteiger partial charge in [0.25, 0.3) is 5.56 Å². The molecule has 0 aliphatic heterocycles. The summed E-state index contributed by atoms with van der Waals surface area (Å²) in [5.41, 5.74) is -2.27. The number of rotatable bonds is 2. The molecule has 0 saturated heterocycles. The zero-order chi connectivity index (χ0) is 14.2. The first kappa shape index (κ1) is 13.4. The Bertz CT molecular complexity index is 728. The van der Waals surface area contributed by atoms with E-state index >= 15 is 0 Å². The Kier molecular flexibility index (Phi) is 3.21. The topological polar surface area (TPSA) is 54.9 Å². The maximum atomic E-state index is 12.5. The Hall–Kier alpha value is -2.05. The van der Waals surface area contributed by atoms with Crippen molar-refractivity contribution in [1.82, 2.24) is 9.55 Å². The molecule has 1 heterocycles. The molecule has 0 spiro atoms. The van der Waals surface area contributed by atoms with E-state index in [1.165, 1.54) is 0 Å². The van der Waals surface area contributed by atoms with Crippen molar-refractivity contribution in [2.45, 2.75) is 26.1 Å². The van der Waals surface area contributed by atoms with E-state index in [0.29, 0.717) is 6.42 Å². The van der Waals surface area contributed by atoms with Crippen molar-refractivity contribution < 1.29 is 13.2 Å². The van der Waals surface area contributed by atoms with Crippen LogP contribution in [0.25, 0.3) is 10.9 Å². The fraction of sp³-hybridized carbons (Fsp3) is 0.333. The molecule has 0 aliphatic rings. The number of nitrogens with one attached hydrogen (secondary N) is 1. The SMILES string of the molecule is CCCn1c(=O)[nH]c2cc(C(F)(F)F)ccc2c1=O. The smallest absolute Gasteiger partial charge is 0.307 e. The van der Waals surface area contributed by atoms with Crippen LogP contribution in [0.15, 0.2) is 27.8 Å². The van der Waals surface area contributed by atoms with Gasteiger partial charge in [-0.1, -0.05) is 6.92 Å². The third kappa shape index (κ3) is 2.40. The average Bonchev–Trinajstić information content (AvgIpc) is 2.32. The van der Waals surface area contributed by atoms with Crippen molar-refractivity contribution in [3.63, 3.8) is 0 Å². The van der Waals surface area contributed by atoms with E-state index in [-0.39, 0.29) is 17.4 Å². The summed E-state index contributed by atoms with van der Waals surface area (Å²) in [6.45, 7) is 2.02. The van der Waals surface area contributed by atoms with Gasteiger partial charge in [0.2, 0.25) is 0 Å². The molecule has 0 saturated carbocycles. The molecule has 0 radical (unpaired) electrons. The van der Waals surface area contributed by atoms with Crippen LogP contribution in [-0.2, 0) is 12.7 Å². The van der Waals surface area contributed by atoms with Gasteiger partial charge in [-0.2, -0.15) is 13.2 Å². The predicted molar refractivity (Wildman–Crippen MR) is 64.1 cm³/mol. The molecule has 0 fully saturated rings. The summed E-state index contributed by atoms with van der Waals surface area (Å²) in [5, 5.41) is 0.0704. The molecule has 0 amide bonds. The molecular formula is C12H11F3N2O2. The lowest BCUT2D eigenvalue weighted by Gasteiger charge is -2.09. The van der Waals surface area contributed by atoms with Crippen molar-refractivity contribution in [2.75, 3.05) is 0 Å². The molecule has 19 heavy (non-hydrogen) atoms. The van der Waals surface area contributed by atoms with Crippen LogP contribution in [-0.4, -0.2) is 9.55 Å². The summed E-state index contributed by atoms with van der Waals surface area (Å²) >= 11 is 0. The first-order chi connectivity index (χ1) is 8.84. The molecule has 102 valence electrons. The van der Waals surface area contributed by atoms with Crippen LogP contribution >= 0.6 is 0 Å². The van der Waals surface area contributed by atoms with Crippen molar-refractivity contribution >= 4 is 10.9 Å². The van der Waals surface area contributed by atoms with Gasteiger partial charge in [-0.05, 0) is 24.6 Å². The normalized spacial score (nSPS) is 12.0. The number of benzene rings is 1. The minimum absolute atomic E-state index is 0.0704. The lowest BCUT2D eigenvalue weighted by Crippen LogP contribution is -2.35. The molecule has 1 N–H and O–H groups in total. The zero-order valence-corrected chi connectivity index (χ0v) is 10.0. The number of fused-ring (bicyclic) bond motifs is 1. The van der Waals surface area contributed by atoms with E-state index in [4.69, 9.17) is 0 Å². The molecule has 0 atom stereocenters. The summed E-state index contributed by atoms with van der Waals surface area (Å²) in [6.07, 6.45) is -3.93. The summed E-state index contributed by atoms with van der Waals surface area (Å²) < 4.78 is 38.6. The van der Waals surface area contributed by atoms with Gasteiger partial charge in [-0.25, -0.2) is 4.79 Å². The van der Waals surface area contributed by atoms with Crippen LogP contribution in [0.2, 0.25) is 0 Å². The monoisotopic (exact) mass is 272 g/mol. The quantitative estimate of drug-likeness (QED) is 0.910. The van der Waals surface area contributed by atoms with E-state index in [1.807, 2.05) is 0 Å². The van der Waals surface area contributed by atoms with Crippen molar-refractivity contribution in [3.05, 3.63) is 44.6 Å². The van der Waals surface area contributed by atoms with Crippen LogP contribution in [0, 0.1) is 0 Å². The third-order valence-electron chi connectivity index (χ3n) is 2.76. The van der Waals surface area contributed by atoms with E-state index in [2.05, 4.69) is 4.98 Å². The highest BCUT2D eigenvalue weighted by molar-refractivity contribution is 5.78. The molecule has 2 rings (SSSR count). The summed E-state index contributed by atoms with van der Waals surface area (Å²) in [6, 6.07) is 2.69. The fourth-order valence-corrected chi connectivity index (χ4v) is 1.86. The molecular weight excluding hydrogens is 261 g/mol. The molecule has 1 aromatic heterocycles. The second-order valence-electron chi connectivity index (χ2n) is 4.15. The molecule has 4 nitrogen and oxygen atoms in total. The standard InChI is InChI=1S/C12H11F3N2O2/c1-2-5-17-10(18)8-4-3-7(12(13,14)15)6-9(8)16-11(17)19/h3-4,6H,2,5H2,1H3,(H,16,19). The Morgan fingerprint density at radius 3 is 2.53 bits per heavy atom. The van der Waals surface area contributed by atoms with Crippen LogP contribution in [0.4, 0.5) is 13.2 Å². The highest BCUT2D eigenvalue weighted by atomic mass is 19.4. The Morgan fingerprint density at radius 1 is 1.26 bits per heavy atom. The minimum Gasteiger partial charge on any atom is -0.307 e. The van der Waals surface area contributed by atoms with Gasteiger partial charge in [0.1, 0.15) is 0 Å². The number of aromatic amines is 1. The lowest BCUT2D eigenvalue weighted by atomic mass is 10.1. The Morgan fingerprint density at radius 2 is 1.95 bits per heavy atom. The molecule has 0 aliphatic carbocycles. The fourth-order valence-electron chi connectivity index (χ4n) is 1.86. The van der Waals surface area contributed by atoms with Crippen molar-refractivity contribution in [2.24, 2.45) is 0 Å². The second kappa shape index (κ2) is 4.56. The average molecular weight is 272 g/mol. The van der Waals surface area contributed by atoms with Crippen molar-refractivity contribution in [3.8, 4) is 0 Å². The lowest BCUT2D eigenvalue weighted by molar-refractivity contribution is -0.137. The maximum Gasteiger partial charge on any atom is 0.416 e. The van der Waals surface area contributed by atoms with Gasteiger partial charge in [-0.3, -0.25) is 9.36 Å². The molecule has 2 aromatic rings. The van der Waals surface area contributed by atoms with E-state index in [9.17, 15) is 22.8 Å². The summed E-state index contributed by atoms with van der Waals surface area (Å²) in [7, 11) is 0. The second-order valence-corrected chi connectivity index (χ2v) is 4.15. The van der Waals surface area contributed by atoms with Gasteiger partial charge in [0, 0.05) is 6.54 Å². The largest absolute Gasteiger partial charge is 0.416 e. The Balaban J connectivity index is 2.75. The number of nitrogens with zero attached hydrogens (tertiary/aromatic N) is 1. The van der Waals surface area contributed by atoms with Gasteiger partial charge in [0.05, 0.1) is 16.5 Å². The van der Waals surface area contributed by atoms with Gasteiger partial charge >= 0.3 is 11.9 Å². The molecule has 0 bridgehead atoms. The highest BCUT2D eigenvalue weighted by Gasteiger charge is 2.30. The highest BCUT2D eigenvalue weighted by Crippen LogP contribution is 2.30. The van der Waals surface area contributed by atoms with Gasteiger partial charge in [-0.15, -0.1) is 0 Å². The third-order valence-corrected chi connectivity index (χ3v) is 2.76. The zero-order valence-electron chi connectivity index (χ0n) is 10.0. The van der Waals surface area contributed by atoms with E-state index in [0.717, 1.165) is 22.8 Å². The first-order valence-electron chi connectivity index (χ1n) is 5.68. The summed E-state index contributed by atoms with van der Waals surface area (Å²) in [4.78, 5) is 25.9. The minimum atomic E-state index is -4.51. The number of hydrogen-bond donors (Lipinski definition) is 1. The Labute approximate surface area is 105 Å². The number of hydrogen-bond acceptors (Lipinski definition) is 2.